The summed E-state index contributed by atoms with van der Waals surface area (Å²) in [5.41, 5.74) is 1.04. The summed E-state index contributed by atoms with van der Waals surface area (Å²) in [6.45, 7) is 0. The van der Waals surface area contributed by atoms with Gasteiger partial charge in [-0.05, 0) is 12.1 Å². The molecule has 0 aliphatic heterocycles. The van der Waals surface area contributed by atoms with E-state index in [4.69, 9.17) is 0 Å². The first-order valence-corrected chi connectivity index (χ1v) is 6.77. The molecule has 1 aromatic carbocycles. The van der Waals surface area contributed by atoms with Crippen LogP contribution in [0, 0.1) is 0 Å². The Labute approximate surface area is 90.5 Å². The van der Waals surface area contributed by atoms with Crippen LogP contribution >= 0.6 is 11.3 Å². The van der Waals surface area contributed by atoms with Crippen molar-refractivity contribution < 1.29 is 13.2 Å². The summed E-state index contributed by atoms with van der Waals surface area (Å²) < 4.78 is 23.3. The van der Waals surface area contributed by atoms with Crippen molar-refractivity contribution in [3.8, 4) is 0 Å². The molecule has 0 N–H and O–H groups in total. The van der Waals surface area contributed by atoms with E-state index in [1.54, 1.807) is 18.2 Å². The molecular weight excluding hydrogens is 234 g/mol. The van der Waals surface area contributed by atoms with Crippen molar-refractivity contribution in [2.75, 3.05) is 6.26 Å². The Balaban J connectivity index is 2.71. The summed E-state index contributed by atoms with van der Waals surface area (Å²) in [6, 6.07) is 4.92. The topological polar surface area (TPSA) is 64.1 Å². The van der Waals surface area contributed by atoms with Crippen LogP contribution in [0.15, 0.2) is 22.5 Å². The number of nitrogens with zero attached hydrogens (tertiary/aromatic N) is 1. The van der Waals surface area contributed by atoms with E-state index in [1.807, 2.05) is 0 Å². The summed E-state index contributed by atoms with van der Waals surface area (Å²) in [7, 11) is -3.27. The van der Waals surface area contributed by atoms with Gasteiger partial charge in [0.25, 0.3) is 0 Å². The second kappa shape index (κ2) is 3.39. The van der Waals surface area contributed by atoms with Crippen LogP contribution in [-0.2, 0) is 9.84 Å². The molecule has 0 aliphatic rings. The average Bonchev–Trinajstić information content (AvgIpc) is 2.59. The van der Waals surface area contributed by atoms with Crippen molar-refractivity contribution in [1.82, 2.24) is 4.98 Å². The van der Waals surface area contributed by atoms with Crippen LogP contribution in [0.4, 0.5) is 0 Å². The zero-order valence-corrected chi connectivity index (χ0v) is 9.43. The Hall–Kier alpha value is -1.27. The Morgan fingerprint density at radius 1 is 1.40 bits per heavy atom. The van der Waals surface area contributed by atoms with Gasteiger partial charge < -0.3 is 0 Å². The number of aldehydes is 1. The van der Waals surface area contributed by atoms with Crippen molar-refractivity contribution in [1.29, 1.82) is 0 Å². The molecule has 4 nitrogen and oxygen atoms in total. The minimum Gasteiger partial charge on any atom is -0.298 e. The van der Waals surface area contributed by atoms with Crippen molar-refractivity contribution in [3.63, 3.8) is 0 Å². The lowest BCUT2D eigenvalue weighted by atomic mass is 10.2. The van der Waals surface area contributed by atoms with E-state index in [0.29, 0.717) is 17.4 Å². The van der Waals surface area contributed by atoms with Crippen LogP contribution < -0.4 is 0 Å². The maximum absolute atomic E-state index is 11.2. The largest absolute Gasteiger partial charge is 0.298 e. The molecule has 1 heterocycles. The number of carbonyl (C=O) groups excluding carboxylic acids is 1. The first-order valence-electron chi connectivity index (χ1n) is 4.06. The van der Waals surface area contributed by atoms with Crippen LogP contribution in [0.1, 0.15) is 10.4 Å². The molecule has 0 saturated heterocycles. The predicted octanol–water partition coefficient (Wildman–Crippen LogP) is 1.51. The lowest BCUT2D eigenvalue weighted by molar-refractivity contribution is 0.112. The lowest BCUT2D eigenvalue weighted by Gasteiger charge is -1.88. The number of carbonyl (C=O) groups is 1. The minimum atomic E-state index is -3.27. The number of hydrogen-bond donors (Lipinski definition) is 0. The summed E-state index contributed by atoms with van der Waals surface area (Å²) in [5, 5.41) is 0. The van der Waals surface area contributed by atoms with E-state index in [9.17, 15) is 13.2 Å². The third-order valence-electron chi connectivity index (χ3n) is 1.85. The van der Waals surface area contributed by atoms with Gasteiger partial charge in [0.05, 0.1) is 10.2 Å². The molecule has 0 amide bonds. The maximum Gasteiger partial charge on any atom is 0.210 e. The Bertz CT molecular complexity index is 628. The van der Waals surface area contributed by atoms with Gasteiger partial charge in [-0.1, -0.05) is 6.07 Å². The molecule has 0 bridgehead atoms. The van der Waals surface area contributed by atoms with Gasteiger partial charge in [-0.2, -0.15) is 0 Å². The number of benzene rings is 1. The zero-order valence-electron chi connectivity index (χ0n) is 7.80. The van der Waals surface area contributed by atoms with Crippen LogP contribution in [0.2, 0.25) is 0 Å². The molecule has 0 radical (unpaired) electrons. The van der Waals surface area contributed by atoms with Gasteiger partial charge in [0.2, 0.25) is 14.2 Å². The third-order valence-corrected chi connectivity index (χ3v) is 4.56. The van der Waals surface area contributed by atoms with Crippen molar-refractivity contribution in [3.05, 3.63) is 23.8 Å². The van der Waals surface area contributed by atoms with Crippen LogP contribution in [0.25, 0.3) is 10.2 Å². The summed E-state index contributed by atoms with van der Waals surface area (Å²) >= 11 is 1.11. The molecule has 0 spiro atoms. The van der Waals surface area contributed by atoms with E-state index in [2.05, 4.69) is 4.98 Å². The van der Waals surface area contributed by atoms with E-state index < -0.39 is 9.84 Å². The molecule has 0 aliphatic carbocycles. The average molecular weight is 241 g/mol. The van der Waals surface area contributed by atoms with Gasteiger partial charge in [-0.3, -0.25) is 4.79 Å². The van der Waals surface area contributed by atoms with Gasteiger partial charge in [0.1, 0.15) is 6.29 Å². The molecule has 2 aromatic rings. The fourth-order valence-electron chi connectivity index (χ4n) is 1.16. The molecule has 1 aromatic heterocycles. The highest BCUT2D eigenvalue weighted by Crippen LogP contribution is 2.25. The van der Waals surface area contributed by atoms with Crippen molar-refractivity contribution >= 4 is 37.7 Å². The number of aromatic nitrogens is 1. The minimum absolute atomic E-state index is 0.0838. The van der Waals surface area contributed by atoms with Crippen molar-refractivity contribution in [2.45, 2.75) is 4.34 Å². The lowest BCUT2D eigenvalue weighted by Crippen LogP contribution is -1.94. The smallest absolute Gasteiger partial charge is 0.210 e. The molecule has 6 heteroatoms. The second-order valence-electron chi connectivity index (χ2n) is 3.10. The second-order valence-corrected chi connectivity index (χ2v) is 6.32. The van der Waals surface area contributed by atoms with Gasteiger partial charge in [-0.25, -0.2) is 13.4 Å². The van der Waals surface area contributed by atoms with Crippen LogP contribution in [0.5, 0.6) is 0 Å². The highest BCUT2D eigenvalue weighted by Gasteiger charge is 2.13. The van der Waals surface area contributed by atoms with E-state index >= 15 is 0 Å². The molecule has 78 valence electrons. The van der Waals surface area contributed by atoms with E-state index in [-0.39, 0.29) is 4.34 Å². The Kier molecular flexibility index (Phi) is 2.32. The monoisotopic (exact) mass is 241 g/mol. The highest BCUT2D eigenvalue weighted by molar-refractivity contribution is 7.92. The quantitative estimate of drug-likeness (QED) is 0.748. The first kappa shape index (κ1) is 10.3. The van der Waals surface area contributed by atoms with Crippen LogP contribution in [-0.4, -0.2) is 25.9 Å². The summed E-state index contributed by atoms with van der Waals surface area (Å²) in [5.74, 6) is 0. The third kappa shape index (κ3) is 1.91. The molecule has 0 unspecified atom stereocenters. The SMILES string of the molecule is CS(=O)(=O)c1nc2cc(C=O)ccc2s1. The van der Waals surface area contributed by atoms with Gasteiger partial charge in [0, 0.05) is 11.8 Å². The number of thiazole rings is 1. The molecule has 0 saturated carbocycles. The van der Waals surface area contributed by atoms with E-state index in [1.165, 1.54) is 0 Å². The number of fused-ring (bicyclic) bond motifs is 1. The molecular formula is C9H7NO3S2. The van der Waals surface area contributed by atoms with Crippen LogP contribution in [0.3, 0.4) is 0 Å². The van der Waals surface area contributed by atoms with Crippen molar-refractivity contribution in [2.24, 2.45) is 0 Å². The Morgan fingerprint density at radius 3 is 2.73 bits per heavy atom. The molecule has 0 atom stereocenters. The zero-order chi connectivity index (χ0) is 11.1. The highest BCUT2D eigenvalue weighted by atomic mass is 32.2. The van der Waals surface area contributed by atoms with E-state index in [0.717, 1.165) is 22.3 Å². The number of sulfone groups is 1. The summed E-state index contributed by atoms with van der Waals surface area (Å²) in [4.78, 5) is 14.5. The summed E-state index contributed by atoms with van der Waals surface area (Å²) in [6.07, 6.45) is 1.82. The molecule has 0 fully saturated rings. The van der Waals surface area contributed by atoms with Gasteiger partial charge in [-0.15, -0.1) is 11.3 Å². The van der Waals surface area contributed by atoms with Gasteiger partial charge >= 0.3 is 0 Å². The Morgan fingerprint density at radius 2 is 2.13 bits per heavy atom. The fraction of sp³-hybridized carbons (Fsp3) is 0.111. The predicted molar refractivity (Wildman–Crippen MR) is 58.1 cm³/mol. The van der Waals surface area contributed by atoms with Gasteiger partial charge in [0.15, 0.2) is 0 Å². The molecule has 15 heavy (non-hydrogen) atoms. The standard InChI is InChI=1S/C9H7NO3S2/c1-15(12,13)9-10-7-4-6(5-11)2-3-8(7)14-9/h2-5H,1H3. The fourth-order valence-corrected chi connectivity index (χ4v) is 2.97. The molecule has 2 rings (SSSR count). The number of rotatable bonds is 2. The number of hydrogen-bond acceptors (Lipinski definition) is 5. The normalized spacial score (nSPS) is 11.8. The first-order chi connectivity index (χ1) is 7.00. The maximum atomic E-state index is 11.2.